The number of amides is 3. The predicted molar refractivity (Wildman–Crippen MR) is 104 cm³/mol. The van der Waals surface area contributed by atoms with E-state index >= 15 is 0 Å². The van der Waals surface area contributed by atoms with Crippen LogP contribution in [0.4, 0.5) is 21.0 Å². The number of hydrogen-bond donors (Lipinski definition) is 4. The number of carbonyl (C=O) groups excluding carboxylic acids is 1. The van der Waals surface area contributed by atoms with Gasteiger partial charge < -0.3 is 15.7 Å². The summed E-state index contributed by atoms with van der Waals surface area (Å²) in [6.45, 7) is 2.81. The average molecular weight is 355 g/mol. The molecular formula is C20H25N3O3. The second-order valence-electron chi connectivity index (χ2n) is 6.09. The first kappa shape index (κ1) is 19.3. The molecule has 0 heterocycles. The van der Waals surface area contributed by atoms with Gasteiger partial charge in [-0.2, -0.15) is 0 Å². The Morgan fingerprint density at radius 1 is 0.846 bits per heavy atom. The van der Waals surface area contributed by atoms with Crippen LogP contribution in [0.1, 0.15) is 37.3 Å². The third kappa shape index (κ3) is 6.84. The maximum atomic E-state index is 11.8. The molecule has 0 saturated carbocycles. The van der Waals surface area contributed by atoms with Crippen LogP contribution in [-0.2, 0) is 6.42 Å². The molecular weight excluding hydrogens is 330 g/mol. The van der Waals surface area contributed by atoms with Gasteiger partial charge in [0.05, 0.1) is 0 Å². The van der Waals surface area contributed by atoms with Crippen LogP contribution in [0.2, 0.25) is 0 Å². The van der Waals surface area contributed by atoms with Crippen LogP contribution < -0.4 is 16.0 Å². The van der Waals surface area contributed by atoms with Gasteiger partial charge in [0, 0.05) is 17.9 Å². The molecule has 26 heavy (non-hydrogen) atoms. The number of carboxylic acid groups (broad SMARTS) is 1. The second kappa shape index (κ2) is 10.1. The van der Waals surface area contributed by atoms with Crippen molar-refractivity contribution in [3.63, 3.8) is 0 Å². The van der Waals surface area contributed by atoms with Gasteiger partial charge in [-0.25, -0.2) is 9.59 Å². The minimum atomic E-state index is -1.07. The van der Waals surface area contributed by atoms with Gasteiger partial charge in [-0.1, -0.05) is 44.0 Å². The van der Waals surface area contributed by atoms with E-state index in [0.717, 1.165) is 42.5 Å². The zero-order chi connectivity index (χ0) is 18.8. The summed E-state index contributed by atoms with van der Waals surface area (Å²) in [5.74, 6) is 0. The van der Waals surface area contributed by atoms with Crippen molar-refractivity contribution in [1.29, 1.82) is 0 Å². The van der Waals surface area contributed by atoms with Crippen molar-refractivity contribution < 1.29 is 14.7 Å². The molecule has 0 atom stereocenters. The molecule has 2 aromatic carbocycles. The Labute approximate surface area is 153 Å². The third-order valence-corrected chi connectivity index (χ3v) is 3.89. The molecule has 0 aliphatic carbocycles. The summed E-state index contributed by atoms with van der Waals surface area (Å²) < 4.78 is 0. The molecule has 0 aliphatic heterocycles. The first-order chi connectivity index (χ1) is 12.6. The molecule has 0 aliphatic rings. The molecule has 2 aromatic rings. The Morgan fingerprint density at radius 3 is 1.88 bits per heavy atom. The first-order valence-corrected chi connectivity index (χ1v) is 8.79. The minimum absolute atomic E-state index is 0.185. The molecule has 4 N–H and O–H groups in total. The lowest BCUT2D eigenvalue weighted by atomic mass is 10.0. The molecule has 0 saturated heterocycles. The highest BCUT2D eigenvalue weighted by Gasteiger charge is 2.03. The highest BCUT2D eigenvalue weighted by Crippen LogP contribution is 2.16. The molecule has 138 valence electrons. The Balaban J connectivity index is 1.83. The van der Waals surface area contributed by atoms with E-state index in [1.54, 1.807) is 12.1 Å². The van der Waals surface area contributed by atoms with E-state index in [4.69, 9.17) is 5.11 Å². The fourth-order valence-electron chi connectivity index (χ4n) is 2.52. The molecule has 0 fully saturated rings. The number of anilines is 2. The second-order valence-corrected chi connectivity index (χ2v) is 6.09. The molecule has 2 rings (SSSR count). The van der Waals surface area contributed by atoms with Crippen molar-refractivity contribution in [2.75, 3.05) is 17.2 Å². The van der Waals surface area contributed by atoms with Gasteiger partial charge in [-0.15, -0.1) is 0 Å². The van der Waals surface area contributed by atoms with Crippen LogP contribution in [0.5, 0.6) is 0 Å². The van der Waals surface area contributed by atoms with Gasteiger partial charge in [0.25, 0.3) is 0 Å². The van der Waals surface area contributed by atoms with Gasteiger partial charge >= 0.3 is 12.1 Å². The van der Waals surface area contributed by atoms with E-state index in [9.17, 15) is 9.59 Å². The highest BCUT2D eigenvalue weighted by atomic mass is 16.4. The Morgan fingerprint density at radius 2 is 1.38 bits per heavy atom. The normalized spacial score (nSPS) is 10.2. The zero-order valence-electron chi connectivity index (χ0n) is 14.9. The van der Waals surface area contributed by atoms with Crippen LogP contribution in [0.15, 0.2) is 48.5 Å². The topological polar surface area (TPSA) is 90.5 Å². The summed E-state index contributed by atoms with van der Waals surface area (Å²) >= 11 is 0. The van der Waals surface area contributed by atoms with Crippen molar-refractivity contribution in [3.05, 3.63) is 59.7 Å². The van der Waals surface area contributed by atoms with Crippen LogP contribution in [0, 0.1) is 0 Å². The van der Waals surface area contributed by atoms with E-state index < -0.39 is 6.09 Å². The average Bonchev–Trinajstić information content (AvgIpc) is 2.62. The van der Waals surface area contributed by atoms with Crippen molar-refractivity contribution in [2.45, 2.75) is 32.6 Å². The summed E-state index contributed by atoms with van der Waals surface area (Å²) in [5.41, 5.74) is 3.49. The smallest absolute Gasteiger partial charge is 0.409 e. The molecule has 6 nitrogen and oxygen atoms in total. The lowest BCUT2D eigenvalue weighted by molar-refractivity contribution is 0.209. The lowest BCUT2D eigenvalue weighted by Crippen LogP contribution is -2.29. The van der Waals surface area contributed by atoms with Gasteiger partial charge in [-0.3, -0.25) is 5.32 Å². The Bertz CT molecular complexity index is 712. The van der Waals surface area contributed by atoms with E-state index in [1.165, 1.54) is 0 Å². The SMILES string of the molecule is CCCCCNC(=O)Nc1ccc(Cc2ccc(NC(=O)O)cc2)cc1. The first-order valence-electron chi connectivity index (χ1n) is 8.79. The zero-order valence-corrected chi connectivity index (χ0v) is 14.9. The van der Waals surface area contributed by atoms with Crippen LogP contribution in [0.25, 0.3) is 0 Å². The molecule has 0 spiro atoms. The Hall–Kier alpha value is -3.02. The molecule has 6 heteroatoms. The number of rotatable bonds is 8. The van der Waals surface area contributed by atoms with Crippen LogP contribution in [-0.4, -0.2) is 23.8 Å². The summed E-state index contributed by atoms with van der Waals surface area (Å²) in [7, 11) is 0. The fraction of sp³-hybridized carbons (Fsp3) is 0.300. The number of urea groups is 1. The van der Waals surface area contributed by atoms with Crippen molar-refractivity contribution >= 4 is 23.5 Å². The van der Waals surface area contributed by atoms with Crippen LogP contribution in [0.3, 0.4) is 0 Å². The predicted octanol–water partition coefficient (Wildman–Crippen LogP) is 4.68. The molecule has 0 aromatic heterocycles. The number of carbonyl (C=O) groups is 2. The van der Waals surface area contributed by atoms with E-state index in [1.807, 2.05) is 36.4 Å². The maximum absolute atomic E-state index is 11.8. The molecule has 0 bridgehead atoms. The minimum Gasteiger partial charge on any atom is -0.465 e. The van der Waals surface area contributed by atoms with E-state index in [-0.39, 0.29) is 6.03 Å². The van der Waals surface area contributed by atoms with Crippen molar-refractivity contribution in [2.24, 2.45) is 0 Å². The summed E-state index contributed by atoms with van der Waals surface area (Å²) in [6, 6.07) is 14.8. The standard InChI is InChI=1S/C20H25N3O3/c1-2-3-4-13-21-19(24)22-17-9-5-15(6-10-17)14-16-7-11-18(12-8-16)23-20(25)26/h5-12,23H,2-4,13-14H2,1H3,(H,25,26)(H2,21,22,24). The number of benzene rings is 2. The fourth-order valence-corrected chi connectivity index (χ4v) is 2.52. The summed E-state index contributed by atoms with van der Waals surface area (Å²) in [5, 5.41) is 16.7. The van der Waals surface area contributed by atoms with Crippen molar-refractivity contribution in [1.82, 2.24) is 5.32 Å². The summed E-state index contributed by atoms with van der Waals surface area (Å²) in [4.78, 5) is 22.4. The van der Waals surface area contributed by atoms with Gasteiger partial charge in [0.1, 0.15) is 0 Å². The van der Waals surface area contributed by atoms with E-state index in [2.05, 4.69) is 22.9 Å². The van der Waals surface area contributed by atoms with Gasteiger partial charge in [0.2, 0.25) is 0 Å². The third-order valence-electron chi connectivity index (χ3n) is 3.89. The van der Waals surface area contributed by atoms with Gasteiger partial charge in [0.15, 0.2) is 0 Å². The monoisotopic (exact) mass is 355 g/mol. The molecule has 0 radical (unpaired) electrons. The Kier molecular flexibility index (Phi) is 7.49. The lowest BCUT2D eigenvalue weighted by Gasteiger charge is -2.09. The van der Waals surface area contributed by atoms with Gasteiger partial charge in [-0.05, 0) is 48.2 Å². The number of nitrogens with one attached hydrogen (secondary N) is 3. The van der Waals surface area contributed by atoms with Crippen molar-refractivity contribution in [3.8, 4) is 0 Å². The quantitative estimate of drug-likeness (QED) is 0.518. The number of unbranched alkanes of at least 4 members (excludes halogenated alkanes) is 2. The highest BCUT2D eigenvalue weighted by molar-refractivity contribution is 5.89. The maximum Gasteiger partial charge on any atom is 0.409 e. The van der Waals surface area contributed by atoms with E-state index in [0.29, 0.717) is 12.2 Å². The van der Waals surface area contributed by atoms with Crippen LogP contribution >= 0.6 is 0 Å². The summed E-state index contributed by atoms with van der Waals surface area (Å²) in [6.07, 6.45) is 2.89. The number of hydrogen-bond acceptors (Lipinski definition) is 2. The largest absolute Gasteiger partial charge is 0.465 e. The molecule has 0 unspecified atom stereocenters. The molecule has 3 amide bonds.